The Kier molecular flexibility index (Phi) is 4.51. The fraction of sp³-hybridized carbons (Fsp3) is 0.467. The molecule has 0 aromatic heterocycles. The molecule has 22 heavy (non-hydrogen) atoms. The Morgan fingerprint density at radius 1 is 1.18 bits per heavy atom. The molecule has 1 fully saturated rings. The predicted octanol–water partition coefficient (Wildman–Crippen LogP) is 2.84. The van der Waals surface area contributed by atoms with Crippen molar-refractivity contribution in [2.75, 3.05) is 5.43 Å². The maximum atomic E-state index is 12.2. The zero-order chi connectivity index (χ0) is 16.4. The highest BCUT2D eigenvalue weighted by Crippen LogP contribution is 2.35. The Labute approximate surface area is 134 Å². The smallest absolute Gasteiger partial charge is 0.408 e. The zero-order valence-corrected chi connectivity index (χ0v) is 13.6. The van der Waals surface area contributed by atoms with Crippen LogP contribution in [0, 0.1) is 0 Å². The molecule has 0 radical (unpaired) electrons. The molecule has 0 unspecified atom stereocenters. The van der Waals surface area contributed by atoms with Crippen molar-refractivity contribution >= 4 is 29.3 Å². The molecule has 2 rings (SSSR count). The van der Waals surface area contributed by atoms with Crippen molar-refractivity contribution in [1.82, 2.24) is 10.7 Å². The lowest BCUT2D eigenvalue weighted by Gasteiger charge is -2.23. The van der Waals surface area contributed by atoms with Crippen molar-refractivity contribution in [3.8, 4) is 0 Å². The van der Waals surface area contributed by atoms with Gasteiger partial charge in [-0.1, -0.05) is 11.6 Å². The largest absolute Gasteiger partial charge is 0.444 e. The third-order valence-corrected chi connectivity index (χ3v) is 3.34. The van der Waals surface area contributed by atoms with Crippen molar-refractivity contribution in [2.24, 2.45) is 0 Å². The van der Waals surface area contributed by atoms with E-state index in [0.717, 1.165) is 0 Å². The fourth-order valence-corrected chi connectivity index (χ4v) is 1.94. The van der Waals surface area contributed by atoms with E-state index in [-0.39, 0.29) is 5.91 Å². The van der Waals surface area contributed by atoms with Crippen LogP contribution in [0.5, 0.6) is 0 Å². The fourth-order valence-electron chi connectivity index (χ4n) is 1.81. The van der Waals surface area contributed by atoms with Crippen molar-refractivity contribution < 1.29 is 14.3 Å². The minimum absolute atomic E-state index is 0.298. The number of nitrogens with one attached hydrogen (secondary N) is 3. The summed E-state index contributed by atoms with van der Waals surface area (Å²) in [5.41, 5.74) is 4.59. The van der Waals surface area contributed by atoms with Gasteiger partial charge in [-0.15, -0.1) is 0 Å². The molecule has 1 aromatic rings. The Morgan fingerprint density at radius 3 is 2.27 bits per heavy atom. The molecule has 1 aromatic carbocycles. The maximum Gasteiger partial charge on any atom is 0.408 e. The molecule has 3 N–H and O–H groups in total. The highest BCUT2D eigenvalue weighted by Gasteiger charge is 2.52. The number of hydrazine groups is 1. The van der Waals surface area contributed by atoms with Gasteiger partial charge in [-0.3, -0.25) is 15.6 Å². The van der Waals surface area contributed by atoms with E-state index < -0.39 is 17.2 Å². The molecule has 120 valence electrons. The molecule has 0 heterocycles. The number of anilines is 1. The number of carbonyl (C=O) groups excluding carboxylic acids is 2. The third kappa shape index (κ3) is 4.53. The van der Waals surface area contributed by atoms with Crippen molar-refractivity contribution in [2.45, 2.75) is 44.8 Å². The third-order valence-electron chi connectivity index (χ3n) is 3.09. The summed E-state index contributed by atoms with van der Waals surface area (Å²) in [7, 11) is 0. The standard InChI is InChI=1S/C15H20ClN3O3/c1-14(2,3)22-13(21)17-15(8-9-15)12(20)19-18-11-6-4-10(16)5-7-11/h4-7,18H,8-9H2,1-3H3,(H,17,21)(H,19,20). The van der Waals surface area contributed by atoms with Crippen LogP contribution in [-0.2, 0) is 9.53 Å². The molecule has 0 atom stereocenters. The van der Waals surface area contributed by atoms with E-state index in [9.17, 15) is 9.59 Å². The summed E-state index contributed by atoms with van der Waals surface area (Å²) < 4.78 is 5.17. The first-order chi connectivity index (χ1) is 10.2. The topological polar surface area (TPSA) is 79.5 Å². The molecule has 0 saturated heterocycles. The van der Waals surface area contributed by atoms with E-state index >= 15 is 0 Å². The Morgan fingerprint density at radius 2 is 1.77 bits per heavy atom. The summed E-state index contributed by atoms with van der Waals surface area (Å²) in [4.78, 5) is 24.0. The van der Waals surface area contributed by atoms with Gasteiger partial charge in [0.15, 0.2) is 0 Å². The Balaban J connectivity index is 1.86. The summed E-state index contributed by atoms with van der Waals surface area (Å²) in [6, 6.07) is 6.90. The van der Waals surface area contributed by atoms with Gasteiger partial charge < -0.3 is 10.1 Å². The van der Waals surface area contributed by atoms with Crippen LogP contribution < -0.4 is 16.2 Å². The lowest BCUT2D eigenvalue weighted by molar-refractivity contribution is -0.123. The van der Waals surface area contributed by atoms with Crippen molar-refractivity contribution in [1.29, 1.82) is 0 Å². The number of halogens is 1. The molecular formula is C15H20ClN3O3. The first kappa shape index (κ1) is 16.4. The maximum absolute atomic E-state index is 12.2. The SMILES string of the molecule is CC(C)(C)OC(=O)NC1(C(=O)NNc2ccc(Cl)cc2)CC1. The lowest BCUT2D eigenvalue weighted by Crippen LogP contribution is -2.51. The number of ether oxygens (including phenoxy) is 1. The summed E-state index contributed by atoms with van der Waals surface area (Å²) >= 11 is 5.79. The van der Waals surface area contributed by atoms with Crippen LogP contribution in [0.25, 0.3) is 0 Å². The van der Waals surface area contributed by atoms with Gasteiger partial charge in [-0.2, -0.15) is 0 Å². The molecule has 0 spiro atoms. The summed E-state index contributed by atoms with van der Waals surface area (Å²) in [5.74, 6) is -0.298. The molecule has 1 aliphatic carbocycles. The number of benzene rings is 1. The molecule has 1 aliphatic rings. The molecular weight excluding hydrogens is 306 g/mol. The van der Waals surface area contributed by atoms with Gasteiger partial charge in [0, 0.05) is 5.02 Å². The summed E-state index contributed by atoms with van der Waals surface area (Å²) in [6.45, 7) is 5.32. The number of carbonyl (C=O) groups is 2. The highest BCUT2D eigenvalue weighted by molar-refractivity contribution is 6.30. The van der Waals surface area contributed by atoms with Gasteiger partial charge in [0.05, 0.1) is 5.69 Å². The van der Waals surface area contributed by atoms with Crippen molar-refractivity contribution in [3.05, 3.63) is 29.3 Å². The van der Waals surface area contributed by atoms with E-state index in [1.54, 1.807) is 45.0 Å². The molecule has 0 bridgehead atoms. The van der Waals surface area contributed by atoms with Crippen LogP contribution in [0.15, 0.2) is 24.3 Å². The second-order valence-corrected chi connectivity index (χ2v) is 6.73. The van der Waals surface area contributed by atoms with Crippen LogP contribution in [0.2, 0.25) is 5.02 Å². The van der Waals surface area contributed by atoms with E-state index in [2.05, 4.69) is 16.2 Å². The van der Waals surface area contributed by atoms with Gasteiger partial charge >= 0.3 is 6.09 Å². The minimum atomic E-state index is -0.887. The number of hydrogen-bond donors (Lipinski definition) is 3. The second-order valence-electron chi connectivity index (χ2n) is 6.30. The monoisotopic (exact) mass is 325 g/mol. The predicted molar refractivity (Wildman–Crippen MR) is 84.6 cm³/mol. The van der Waals surface area contributed by atoms with Gasteiger partial charge in [0.25, 0.3) is 5.91 Å². The lowest BCUT2D eigenvalue weighted by atomic mass is 10.2. The minimum Gasteiger partial charge on any atom is -0.444 e. The van der Waals surface area contributed by atoms with Crippen LogP contribution >= 0.6 is 11.6 Å². The Hall–Kier alpha value is -1.95. The number of rotatable bonds is 4. The van der Waals surface area contributed by atoms with E-state index in [4.69, 9.17) is 16.3 Å². The van der Waals surface area contributed by atoms with Crippen LogP contribution in [0.1, 0.15) is 33.6 Å². The molecule has 6 nitrogen and oxygen atoms in total. The average molecular weight is 326 g/mol. The summed E-state index contributed by atoms with van der Waals surface area (Å²) in [5, 5.41) is 3.25. The molecule has 7 heteroatoms. The molecule has 2 amide bonds. The zero-order valence-electron chi connectivity index (χ0n) is 12.8. The first-order valence-corrected chi connectivity index (χ1v) is 7.41. The quantitative estimate of drug-likeness (QED) is 0.744. The van der Waals surface area contributed by atoms with Gasteiger partial charge in [-0.25, -0.2) is 4.79 Å². The van der Waals surface area contributed by atoms with Gasteiger partial charge in [0.1, 0.15) is 11.1 Å². The van der Waals surface area contributed by atoms with Crippen LogP contribution in [0.3, 0.4) is 0 Å². The highest BCUT2D eigenvalue weighted by atomic mass is 35.5. The van der Waals surface area contributed by atoms with Gasteiger partial charge in [-0.05, 0) is 57.9 Å². The van der Waals surface area contributed by atoms with E-state index in [0.29, 0.717) is 23.6 Å². The normalized spacial score (nSPS) is 15.6. The average Bonchev–Trinajstić information content (AvgIpc) is 3.16. The van der Waals surface area contributed by atoms with Gasteiger partial charge in [0.2, 0.25) is 0 Å². The second kappa shape index (κ2) is 6.04. The van der Waals surface area contributed by atoms with E-state index in [1.165, 1.54) is 0 Å². The first-order valence-electron chi connectivity index (χ1n) is 7.03. The molecule has 1 saturated carbocycles. The number of alkyl carbamates (subject to hydrolysis) is 1. The molecule has 0 aliphatic heterocycles. The number of amides is 2. The number of hydrogen-bond acceptors (Lipinski definition) is 4. The summed E-state index contributed by atoms with van der Waals surface area (Å²) in [6.07, 6.45) is 0.576. The van der Waals surface area contributed by atoms with Crippen LogP contribution in [0.4, 0.5) is 10.5 Å². The Bertz CT molecular complexity index is 562. The van der Waals surface area contributed by atoms with Crippen molar-refractivity contribution in [3.63, 3.8) is 0 Å². The van der Waals surface area contributed by atoms with Crippen LogP contribution in [-0.4, -0.2) is 23.1 Å². The van der Waals surface area contributed by atoms with E-state index in [1.807, 2.05) is 0 Å².